The minimum atomic E-state index is -4.40. The van der Waals surface area contributed by atoms with E-state index in [2.05, 4.69) is 40.9 Å². The highest BCUT2D eigenvalue weighted by molar-refractivity contribution is 7.10. The fourth-order valence-corrected chi connectivity index (χ4v) is 3.41. The summed E-state index contributed by atoms with van der Waals surface area (Å²) in [6, 6.07) is 8.94. The van der Waals surface area contributed by atoms with Crippen molar-refractivity contribution in [2.24, 2.45) is 4.99 Å². The van der Waals surface area contributed by atoms with Crippen LogP contribution >= 0.6 is 11.3 Å². The number of benzene rings is 1. The number of alkyl halides is 3. The second kappa shape index (κ2) is 9.87. The van der Waals surface area contributed by atoms with Gasteiger partial charge in [-0.1, -0.05) is 26.0 Å². The average molecular weight is 430 g/mol. The standard InChI is InChI=1S/C20H26F3N3O2S/c1-19(2,17-6-5-9-29-17)12-26-18(24-3)25-11-14-7-8-15(16(10-14)27-4)28-13-20(21,22)23/h5-10H,11-13H2,1-4H3,(H2,24,25,26). The number of hydrogen-bond donors (Lipinski definition) is 2. The van der Waals surface area contributed by atoms with Crippen molar-refractivity contribution in [2.75, 3.05) is 27.3 Å². The second-order valence-corrected chi connectivity index (χ2v) is 7.98. The number of thiophene rings is 1. The zero-order valence-corrected chi connectivity index (χ0v) is 17.7. The number of ether oxygens (including phenoxy) is 2. The summed E-state index contributed by atoms with van der Waals surface area (Å²) in [4.78, 5) is 5.50. The molecule has 160 valence electrons. The van der Waals surface area contributed by atoms with E-state index >= 15 is 0 Å². The Kier molecular flexibility index (Phi) is 7.78. The molecular weight excluding hydrogens is 403 g/mol. The molecule has 0 atom stereocenters. The van der Waals surface area contributed by atoms with Crippen molar-refractivity contribution in [2.45, 2.75) is 32.0 Å². The molecule has 0 spiro atoms. The van der Waals surface area contributed by atoms with Gasteiger partial charge in [-0.2, -0.15) is 13.2 Å². The normalized spacial score (nSPS) is 12.6. The molecule has 1 aromatic heterocycles. The lowest BCUT2D eigenvalue weighted by atomic mass is 9.91. The fraction of sp³-hybridized carbons (Fsp3) is 0.450. The summed E-state index contributed by atoms with van der Waals surface area (Å²) >= 11 is 1.71. The first-order valence-corrected chi connectivity index (χ1v) is 9.87. The van der Waals surface area contributed by atoms with Crippen LogP contribution in [0.1, 0.15) is 24.3 Å². The van der Waals surface area contributed by atoms with Gasteiger partial charge in [0, 0.05) is 30.4 Å². The number of aliphatic imine (C=N–C) groups is 1. The Morgan fingerprint density at radius 1 is 1.14 bits per heavy atom. The molecule has 0 unspecified atom stereocenters. The van der Waals surface area contributed by atoms with Crippen molar-refractivity contribution in [1.29, 1.82) is 0 Å². The summed E-state index contributed by atoms with van der Waals surface area (Å²) in [5, 5.41) is 8.56. The van der Waals surface area contributed by atoms with Gasteiger partial charge in [0.25, 0.3) is 0 Å². The highest BCUT2D eigenvalue weighted by atomic mass is 32.1. The summed E-state index contributed by atoms with van der Waals surface area (Å²) in [6.45, 7) is 4.07. The van der Waals surface area contributed by atoms with Gasteiger partial charge in [0.05, 0.1) is 7.11 Å². The van der Waals surface area contributed by atoms with E-state index in [1.165, 1.54) is 18.1 Å². The molecule has 0 saturated carbocycles. The van der Waals surface area contributed by atoms with E-state index in [1.807, 2.05) is 6.07 Å². The third-order valence-corrected chi connectivity index (χ3v) is 5.42. The molecule has 0 bridgehead atoms. The summed E-state index contributed by atoms with van der Waals surface area (Å²) < 4.78 is 47.0. The van der Waals surface area contributed by atoms with E-state index in [9.17, 15) is 13.2 Å². The van der Waals surface area contributed by atoms with E-state index in [0.717, 1.165) is 5.56 Å². The number of rotatable bonds is 8. The van der Waals surface area contributed by atoms with E-state index in [0.29, 0.717) is 19.0 Å². The fourth-order valence-electron chi connectivity index (χ4n) is 2.56. The summed E-state index contributed by atoms with van der Waals surface area (Å²) in [7, 11) is 3.07. The second-order valence-electron chi connectivity index (χ2n) is 7.03. The van der Waals surface area contributed by atoms with Crippen molar-refractivity contribution in [3.63, 3.8) is 0 Å². The molecule has 2 rings (SSSR count). The van der Waals surface area contributed by atoms with E-state index < -0.39 is 12.8 Å². The van der Waals surface area contributed by atoms with Gasteiger partial charge in [-0.3, -0.25) is 4.99 Å². The van der Waals surface area contributed by atoms with Crippen LogP contribution in [0.2, 0.25) is 0 Å². The van der Waals surface area contributed by atoms with Crippen molar-refractivity contribution in [1.82, 2.24) is 10.6 Å². The zero-order valence-electron chi connectivity index (χ0n) is 16.9. The third kappa shape index (κ3) is 7.16. The van der Waals surface area contributed by atoms with Gasteiger partial charge in [0.1, 0.15) is 0 Å². The number of halogens is 3. The third-order valence-electron chi connectivity index (χ3n) is 4.19. The van der Waals surface area contributed by atoms with Crippen LogP contribution < -0.4 is 20.1 Å². The number of methoxy groups -OCH3 is 1. The SMILES string of the molecule is CN=C(NCc1ccc(OCC(F)(F)F)c(OC)c1)NCC(C)(C)c1cccs1. The molecule has 29 heavy (non-hydrogen) atoms. The maximum Gasteiger partial charge on any atom is 0.422 e. The molecule has 0 saturated heterocycles. The summed E-state index contributed by atoms with van der Waals surface area (Å²) in [6.07, 6.45) is -4.40. The van der Waals surface area contributed by atoms with Crippen molar-refractivity contribution < 1.29 is 22.6 Å². The lowest BCUT2D eigenvalue weighted by molar-refractivity contribution is -0.153. The smallest absolute Gasteiger partial charge is 0.422 e. The molecule has 0 amide bonds. The lowest BCUT2D eigenvalue weighted by Gasteiger charge is -2.25. The zero-order chi connectivity index (χ0) is 21.5. The van der Waals surface area contributed by atoms with Crippen LogP contribution in [0.4, 0.5) is 13.2 Å². The molecule has 9 heteroatoms. The van der Waals surface area contributed by atoms with Crippen LogP contribution in [-0.2, 0) is 12.0 Å². The van der Waals surface area contributed by atoms with Gasteiger partial charge in [-0.25, -0.2) is 0 Å². The van der Waals surface area contributed by atoms with Crippen LogP contribution in [0, 0.1) is 0 Å². The van der Waals surface area contributed by atoms with Crippen LogP contribution in [0.15, 0.2) is 40.7 Å². The highest BCUT2D eigenvalue weighted by Crippen LogP contribution is 2.30. The first-order valence-electron chi connectivity index (χ1n) is 8.99. The average Bonchev–Trinajstić information content (AvgIpc) is 3.22. The van der Waals surface area contributed by atoms with Gasteiger partial charge in [0.2, 0.25) is 0 Å². The minimum Gasteiger partial charge on any atom is -0.493 e. The van der Waals surface area contributed by atoms with Crippen molar-refractivity contribution in [3.8, 4) is 11.5 Å². The van der Waals surface area contributed by atoms with Crippen molar-refractivity contribution in [3.05, 3.63) is 46.2 Å². The van der Waals surface area contributed by atoms with Gasteiger partial charge in [-0.15, -0.1) is 11.3 Å². The van der Waals surface area contributed by atoms with Gasteiger partial charge in [-0.05, 0) is 29.1 Å². The van der Waals surface area contributed by atoms with E-state index in [1.54, 1.807) is 30.5 Å². The largest absolute Gasteiger partial charge is 0.493 e. The number of nitrogens with zero attached hydrogens (tertiary/aromatic N) is 1. The Morgan fingerprint density at radius 3 is 2.48 bits per heavy atom. The van der Waals surface area contributed by atoms with Gasteiger partial charge < -0.3 is 20.1 Å². The molecule has 0 fully saturated rings. The molecule has 1 heterocycles. The van der Waals surface area contributed by atoms with Crippen LogP contribution in [-0.4, -0.2) is 39.4 Å². The monoisotopic (exact) mass is 429 g/mol. The van der Waals surface area contributed by atoms with Crippen LogP contribution in [0.25, 0.3) is 0 Å². The molecule has 0 aliphatic rings. The van der Waals surface area contributed by atoms with E-state index in [-0.39, 0.29) is 16.9 Å². The maximum atomic E-state index is 12.4. The van der Waals surface area contributed by atoms with Gasteiger partial charge in [0.15, 0.2) is 24.1 Å². The molecule has 2 N–H and O–H groups in total. The predicted molar refractivity (Wildman–Crippen MR) is 110 cm³/mol. The molecular formula is C20H26F3N3O2S. The maximum absolute atomic E-state index is 12.4. The summed E-state index contributed by atoms with van der Waals surface area (Å²) in [5.74, 6) is 0.926. The Bertz CT molecular complexity index is 806. The molecule has 5 nitrogen and oxygen atoms in total. The minimum absolute atomic E-state index is 0.0491. The van der Waals surface area contributed by atoms with E-state index in [4.69, 9.17) is 9.47 Å². The molecule has 0 aliphatic heterocycles. The quantitative estimate of drug-likeness (QED) is 0.484. The van der Waals surface area contributed by atoms with Crippen LogP contribution in [0.5, 0.6) is 11.5 Å². The Labute approximate surface area is 172 Å². The number of nitrogens with one attached hydrogen (secondary N) is 2. The van der Waals surface area contributed by atoms with Crippen molar-refractivity contribution >= 4 is 17.3 Å². The molecule has 1 aromatic carbocycles. The van der Waals surface area contributed by atoms with Gasteiger partial charge >= 0.3 is 6.18 Å². The topological polar surface area (TPSA) is 54.9 Å². The Hall–Kier alpha value is -2.42. The molecule has 0 radical (unpaired) electrons. The molecule has 2 aromatic rings. The van der Waals surface area contributed by atoms with Crippen LogP contribution in [0.3, 0.4) is 0 Å². The molecule has 0 aliphatic carbocycles. The summed E-state index contributed by atoms with van der Waals surface area (Å²) in [5.41, 5.74) is 0.772. The Morgan fingerprint density at radius 2 is 1.90 bits per heavy atom. The first kappa shape index (κ1) is 22.9. The highest BCUT2D eigenvalue weighted by Gasteiger charge is 2.29. The number of hydrogen-bond acceptors (Lipinski definition) is 4. The Balaban J connectivity index is 1.93. The first-order chi connectivity index (χ1) is 13.6. The predicted octanol–water partition coefficient (Wildman–Crippen LogP) is 4.34. The lowest BCUT2D eigenvalue weighted by Crippen LogP contribution is -2.42. The number of guanidine groups is 1.